The van der Waals surface area contributed by atoms with Gasteiger partial charge in [0.15, 0.2) is 0 Å². The Hall–Kier alpha value is -2.71. The van der Waals surface area contributed by atoms with Crippen LogP contribution < -0.4 is 10.2 Å². The number of hydrogen-bond donors (Lipinski definition) is 1. The lowest BCUT2D eigenvalue weighted by molar-refractivity contribution is 0.0963. The predicted octanol–water partition coefficient (Wildman–Crippen LogP) is 1.79. The molecule has 0 spiro atoms. The number of benzene rings is 1. The number of amides is 1. The van der Waals surface area contributed by atoms with E-state index in [0.717, 1.165) is 0 Å². The van der Waals surface area contributed by atoms with Crippen molar-refractivity contribution < 1.29 is 4.79 Å². The van der Waals surface area contributed by atoms with Crippen LogP contribution in [0.5, 0.6) is 0 Å². The van der Waals surface area contributed by atoms with E-state index in [-0.39, 0.29) is 12.5 Å². The van der Waals surface area contributed by atoms with Gasteiger partial charge in [-0.05, 0) is 23.2 Å². The summed E-state index contributed by atoms with van der Waals surface area (Å²) in [7, 11) is 5.12. The molecule has 0 saturated heterocycles. The second kappa shape index (κ2) is 6.28. The summed E-state index contributed by atoms with van der Waals surface area (Å²) in [5, 5.41) is 15.1. The molecule has 0 aliphatic heterocycles. The van der Waals surface area contributed by atoms with Crippen LogP contribution in [0.3, 0.4) is 0 Å². The quantitative estimate of drug-likeness (QED) is 0.505. The summed E-state index contributed by atoms with van der Waals surface area (Å²) in [6.07, 6.45) is 0. The largest absolute Gasteiger partial charge is 0.377 e. The maximum atomic E-state index is 11.8. The highest BCUT2D eigenvalue weighted by Gasteiger charge is 2.15. The first kappa shape index (κ1) is 14.4. The van der Waals surface area contributed by atoms with Crippen molar-refractivity contribution in [1.29, 1.82) is 5.26 Å². The molecule has 0 unspecified atom stereocenters. The molecule has 0 atom stereocenters. The van der Waals surface area contributed by atoms with Crippen LogP contribution in [0.1, 0.15) is 21.5 Å². The van der Waals surface area contributed by atoms with E-state index in [1.165, 1.54) is 13.1 Å². The van der Waals surface area contributed by atoms with E-state index in [9.17, 15) is 4.79 Å². The van der Waals surface area contributed by atoms with Crippen LogP contribution in [-0.2, 0) is 6.54 Å². The molecule has 98 valence electrons. The van der Waals surface area contributed by atoms with Crippen LogP contribution in [0.25, 0.3) is 10.4 Å². The Labute approximate surface area is 111 Å². The summed E-state index contributed by atoms with van der Waals surface area (Å²) in [5.74, 6) is -0.268. The van der Waals surface area contributed by atoms with E-state index in [2.05, 4.69) is 15.3 Å². The number of carbonyl (C=O) groups excluding carboxylic acids is 1. The fourth-order valence-electron chi connectivity index (χ4n) is 1.66. The highest BCUT2D eigenvalue weighted by molar-refractivity contribution is 6.00. The van der Waals surface area contributed by atoms with Gasteiger partial charge in [-0.15, -0.1) is 0 Å². The Morgan fingerprint density at radius 3 is 2.74 bits per heavy atom. The molecule has 0 saturated carbocycles. The molecule has 0 fully saturated rings. The number of nitriles is 1. The lowest BCUT2D eigenvalue weighted by Gasteiger charge is -2.18. The first-order chi connectivity index (χ1) is 9.04. The highest BCUT2D eigenvalue weighted by Crippen LogP contribution is 2.24. The third kappa shape index (κ3) is 3.15. The second-order valence-corrected chi connectivity index (χ2v) is 4.00. The van der Waals surface area contributed by atoms with Gasteiger partial charge in [-0.2, -0.15) is 5.26 Å². The van der Waals surface area contributed by atoms with Crippen LogP contribution in [-0.4, -0.2) is 27.1 Å². The summed E-state index contributed by atoms with van der Waals surface area (Å²) < 4.78 is 0. The Bertz CT molecular complexity index is 581. The molecule has 0 aliphatic carbocycles. The fraction of sp³-hybridized carbons (Fsp3) is 0.333. The summed E-state index contributed by atoms with van der Waals surface area (Å²) in [6.45, 7) is 0.0776. The van der Waals surface area contributed by atoms with Crippen molar-refractivity contribution in [2.24, 2.45) is 5.11 Å². The number of azide groups is 1. The maximum Gasteiger partial charge on any atom is 0.253 e. The van der Waals surface area contributed by atoms with Gasteiger partial charge in [0.25, 0.3) is 5.91 Å². The van der Waals surface area contributed by atoms with Crippen LogP contribution >= 0.6 is 0 Å². The average Bonchev–Trinajstić information content (AvgIpc) is 2.42. The van der Waals surface area contributed by atoms with Crippen LogP contribution in [0.2, 0.25) is 0 Å². The van der Waals surface area contributed by atoms with Gasteiger partial charge in [0.2, 0.25) is 0 Å². The minimum absolute atomic E-state index is 0.0776. The molecule has 1 aromatic rings. The molecule has 1 aromatic carbocycles. The molecule has 7 nitrogen and oxygen atoms in total. The minimum Gasteiger partial charge on any atom is -0.377 e. The molecule has 0 heterocycles. The standard InChI is InChI=1S/C12H14N6O/c1-15-12(19)10-4-8(6-13)9(7-16-17-14)5-11(10)18(2)3/h4-5H,7H2,1-3H3,(H,15,19). The molecular formula is C12H14N6O. The van der Waals surface area contributed by atoms with E-state index in [4.69, 9.17) is 10.8 Å². The molecule has 0 radical (unpaired) electrons. The SMILES string of the molecule is CNC(=O)c1cc(C#N)c(CN=[N+]=[N-])cc1N(C)C. The van der Waals surface area contributed by atoms with Gasteiger partial charge in [0, 0.05) is 31.7 Å². The van der Waals surface area contributed by atoms with Crippen LogP contribution in [0, 0.1) is 11.3 Å². The number of hydrogen-bond acceptors (Lipinski definition) is 4. The molecular weight excluding hydrogens is 244 g/mol. The second-order valence-electron chi connectivity index (χ2n) is 4.00. The van der Waals surface area contributed by atoms with Crippen LogP contribution in [0.4, 0.5) is 5.69 Å². The molecule has 1 N–H and O–H groups in total. The molecule has 0 aromatic heterocycles. The zero-order chi connectivity index (χ0) is 14.4. The van der Waals surface area contributed by atoms with Gasteiger partial charge in [0.1, 0.15) is 0 Å². The molecule has 1 rings (SSSR count). The predicted molar refractivity (Wildman–Crippen MR) is 71.7 cm³/mol. The number of anilines is 1. The Kier molecular flexibility index (Phi) is 4.75. The third-order valence-electron chi connectivity index (χ3n) is 2.60. The molecule has 0 bridgehead atoms. The van der Waals surface area contributed by atoms with Crippen molar-refractivity contribution in [2.45, 2.75) is 6.54 Å². The van der Waals surface area contributed by atoms with Crippen molar-refractivity contribution in [2.75, 3.05) is 26.0 Å². The van der Waals surface area contributed by atoms with Crippen molar-refractivity contribution in [1.82, 2.24) is 5.32 Å². The van der Waals surface area contributed by atoms with E-state index in [0.29, 0.717) is 22.4 Å². The van der Waals surface area contributed by atoms with Gasteiger partial charge >= 0.3 is 0 Å². The van der Waals surface area contributed by atoms with Gasteiger partial charge in [-0.25, -0.2) is 0 Å². The zero-order valence-corrected chi connectivity index (χ0v) is 11.0. The summed E-state index contributed by atoms with van der Waals surface area (Å²) in [6, 6.07) is 5.21. The van der Waals surface area contributed by atoms with Crippen molar-refractivity contribution in [3.05, 3.63) is 39.3 Å². The zero-order valence-electron chi connectivity index (χ0n) is 11.0. The highest BCUT2D eigenvalue weighted by atomic mass is 16.1. The van der Waals surface area contributed by atoms with Gasteiger partial charge in [-0.1, -0.05) is 5.11 Å². The Balaban J connectivity index is 3.46. The molecule has 7 heteroatoms. The van der Waals surface area contributed by atoms with E-state index in [1.807, 2.05) is 6.07 Å². The van der Waals surface area contributed by atoms with Gasteiger partial charge < -0.3 is 10.2 Å². The Morgan fingerprint density at radius 2 is 2.26 bits per heavy atom. The summed E-state index contributed by atoms with van der Waals surface area (Å²) in [4.78, 5) is 16.2. The lowest BCUT2D eigenvalue weighted by Crippen LogP contribution is -2.22. The van der Waals surface area contributed by atoms with Gasteiger partial charge in [-0.3, -0.25) is 4.79 Å². The smallest absolute Gasteiger partial charge is 0.253 e. The summed E-state index contributed by atoms with van der Waals surface area (Å²) in [5.41, 5.74) is 10.4. The first-order valence-electron chi connectivity index (χ1n) is 5.52. The Morgan fingerprint density at radius 1 is 1.58 bits per heavy atom. The summed E-state index contributed by atoms with van der Waals surface area (Å²) >= 11 is 0. The van der Waals surface area contributed by atoms with Gasteiger partial charge in [0.05, 0.1) is 23.7 Å². The first-order valence-corrected chi connectivity index (χ1v) is 5.52. The topological polar surface area (TPSA) is 105 Å². The number of rotatable bonds is 4. The minimum atomic E-state index is -0.268. The lowest BCUT2D eigenvalue weighted by atomic mass is 10.0. The van der Waals surface area contributed by atoms with E-state index < -0.39 is 0 Å². The van der Waals surface area contributed by atoms with Crippen molar-refractivity contribution in [3.8, 4) is 6.07 Å². The van der Waals surface area contributed by atoms with Crippen molar-refractivity contribution in [3.63, 3.8) is 0 Å². The van der Waals surface area contributed by atoms with E-state index in [1.54, 1.807) is 25.1 Å². The van der Waals surface area contributed by atoms with E-state index >= 15 is 0 Å². The van der Waals surface area contributed by atoms with Crippen molar-refractivity contribution >= 4 is 11.6 Å². The molecule has 19 heavy (non-hydrogen) atoms. The van der Waals surface area contributed by atoms with Crippen LogP contribution in [0.15, 0.2) is 17.2 Å². The fourth-order valence-corrected chi connectivity index (χ4v) is 1.66. The molecule has 0 aliphatic rings. The normalized spacial score (nSPS) is 9.16. The average molecular weight is 258 g/mol. The third-order valence-corrected chi connectivity index (χ3v) is 2.60. The molecule has 1 amide bonds. The number of nitrogens with zero attached hydrogens (tertiary/aromatic N) is 5. The number of nitrogens with one attached hydrogen (secondary N) is 1. The number of carbonyl (C=O) groups is 1. The maximum absolute atomic E-state index is 11.8. The monoisotopic (exact) mass is 258 g/mol.